The van der Waals surface area contributed by atoms with Crippen molar-refractivity contribution in [1.29, 1.82) is 5.26 Å². The molecule has 1 unspecified atom stereocenters. The third kappa shape index (κ3) is 4.92. The Morgan fingerprint density at radius 1 is 1.20 bits per heavy atom. The average Bonchev–Trinajstić information content (AvgIpc) is 3.72. The van der Waals surface area contributed by atoms with Gasteiger partial charge in [-0.15, -0.1) is 5.53 Å². The van der Waals surface area contributed by atoms with E-state index in [1.165, 1.54) is 12.8 Å². The maximum absolute atomic E-state index is 10.0. The number of nitrogens with one attached hydrogen (secondary N) is 4. The number of rotatable bonds is 9. The van der Waals surface area contributed by atoms with Crippen LogP contribution in [0.3, 0.4) is 0 Å². The van der Waals surface area contributed by atoms with Crippen LogP contribution in [0.2, 0.25) is 5.02 Å². The number of anilines is 2. The Morgan fingerprint density at radius 3 is 2.73 bits per heavy atom. The zero-order valence-electron chi connectivity index (χ0n) is 22.4. The smallest absolute Gasteiger partial charge is 0.148 e. The summed E-state index contributed by atoms with van der Waals surface area (Å²) in [6, 6.07) is 21.0. The first-order valence-corrected chi connectivity index (χ1v) is 13.9. The van der Waals surface area contributed by atoms with Crippen molar-refractivity contribution >= 4 is 41.7 Å². The zero-order chi connectivity index (χ0) is 27.7. The third-order valence-corrected chi connectivity index (χ3v) is 7.96. The predicted octanol–water partition coefficient (Wildman–Crippen LogP) is 4.94. The summed E-state index contributed by atoms with van der Waals surface area (Å²) in [5.41, 5.74) is 11.7. The fraction of sp³-hybridized carbons (Fsp3) is 0.233. The van der Waals surface area contributed by atoms with Crippen LogP contribution in [0.1, 0.15) is 48.9 Å². The van der Waals surface area contributed by atoms with Gasteiger partial charge in [0.25, 0.3) is 0 Å². The molecule has 0 spiro atoms. The zero-order valence-corrected chi connectivity index (χ0v) is 23.2. The molecule has 2 aromatic carbocycles. The van der Waals surface area contributed by atoms with Crippen LogP contribution < -0.4 is 21.6 Å². The summed E-state index contributed by atoms with van der Waals surface area (Å²) in [4.78, 5) is 8.95. The van der Waals surface area contributed by atoms with Crippen LogP contribution in [0.4, 0.5) is 11.4 Å². The van der Waals surface area contributed by atoms with E-state index in [4.69, 9.17) is 11.6 Å². The van der Waals surface area contributed by atoms with E-state index in [9.17, 15) is 5.26 Å². The Hall–Kier alpha value is -4.26. The number of hydrogen-bond donors (Lipinski definition) is 4. The molecule has 6 rings (SSSR count). The van der Waals surface area contributed by atoms with Crippen molar-refractivity contribution in [2.75, 3.05) is 10.6 Å². The SMILES string of the molecule is BC(Nc1cc(Cl)c2ncc(C#N)c(N[C@H](CC)c3ccccc3)c2c1)(C1=CN(C2CC2)NN1)c1cccnc1. The minimum absolute atomic E-state index is 0.0160. The maximum atomic E-state index is 10.0. The molecule has 8 nitrogen and oxygen atoms in total. The second kappa shape index (κ2) is 10.7. The van der Waals surface area contributed by atoms with Gasteiger partial charge in [-0.3, -0.25) is 15.0 Å². The lowest BCUT2D eigenvalue weighted by Crippen LogP contribution is -2.45. The molecule has 1 fully saturated rings. The predicted molar refractivity (Wildman–Crippen MR) is 162 cm³/mol. The number of benzene rings is 2. The van der Waals surface area contributed by atoms with Gasteiger partial charge in [-0.25, -0.2) is 0 Å². The van der Waals surface area contributed by atoms with Crippen LogP contribution in [0.25, 0.3) is 10.9 Å². The molecule has 0 bridgehead atoms. The number of nitrogens with zero attached hydrogens (tertiary/aromatic N) is 4. The summed E-state index contributed by atoms with van der Waals surface area (Å²) in [7, 11) is 2.12. The van der Waals surface area contributed by atoms with Crippen molar-refractivity contribution < 1.29 is 0 Å². The Bertz CT molecular complexity index is 1600. The minimum Gasteiger partial charge on any atom is -0.378 e. The molecule has 3 heterocycles. The van der Waals surface area contributed by atoms with Crippen molar-refractivity contribution in [1.82, 2.24) is 25.9 Å². The first kappa shape index (κ1) is 26.0. The Morgan fingerprint density at radius 2 is 2.02 bits per heavy atom. The van der Waals surface area contributed by atoms with Crippen LogP contribution in [-0.2, 0) is 5.44 Å². The molecule has 4 aromatic rings. The number of pyridine rings is 2. The van der Waals surface area contributed by atoms with Crippen molar-refractivity contribution in [2.24, 2.45) is 0 Å². The molecule has 0 amide bonds. The monoisotopic (exact) mass is 548 g/mol. The number of hydrogen-bond acceptors (Lipinski definition) is 8. The maximum Gasteiger partial charge on any atom is 0.148 e. The van der Waals surface area contributed by atoms with Gasteiger partial charge in [-0.1, -0.05) is 54.9 Å². The molecule has 200 valence electrons. The highest BCUT2D eigenvalue weighted by Gasteiger charge is 2.38. The van der Waals surface area contributed by atoms with Crippen LogP contribution in [0, 0.1) is 11.3 Å². The van der Waals surface area contributed by atoms with Crippen molar-refractivity contribution in [3.63, 3.8) is 0 Å². The second-order valence-electron chi connectivity index (χ2n) is 10.4. The van der Waals surface area contributed by atoms with Gasteiger partial charge < -0.3 is 16.1 Å². The number of hydrazine groups is 2. The molecule has 2 atom stereocenters. The summed E-state index contributed by atoms with van der Waals surface area (Å²) in [5, 5.41) is 20.8. The molecule has 0 saturated heterocycles. The fourth-order valence-corrected chi connectivity index (χ4v) is 5.49. The first-order valence-electron chi connectivity index (χ1n) is 13.5. The topological polar surface area (TPSA) is 101 Å². The van der Waals surface area contributed by atoms with Gasteiger partial charge in [-0.05, 0) is 48.6 Å². The molecular weight excluding hydrogens is 519 g/mol. The fourth-order valence-electron chi connectivity index (χ4n) is 5.23. The average molecular weight is 549 g/mol. The Balaban J connectivity index is 1.44. The molecule has 1 saturated carbocycles. The lowest BCUT2D eigenvalue weighted by Gasteiger charge is -2.33. The summed E-state index contributed by atoms with van der Waals surface area (Å²) in [5.74, 6) is 0. The minimum atomic E-state index is -0.661. The highest BCUT2D eigenvalue weighted by Crippen LogP contribution is 2.39. The van der Waals surface area contributed by atoms with Crippen LogP contribution >= 0.6 is 11.6 Å². The van der Waals surface area contributed by atoms with E-state index in [0.29, 0.717) is 22.1 Å². The van der Waals surface area contributed by atoms with Gasteiger partial charge in [-0.2, -0.15) is 5.26 Å². The Labute approximate surface area is 239 Å². The summed E-state index contributed by atoms with van der Waals surface area (Å²) in [6.45, 7) is 2.13. The highest BCUT2D eigenvalue weighted by molar-refractivity contribution is 6.36. The Kier molecular flexibility index (Phi) is 6.97. The lowest BCUT2D eigenvalue weighted by molar-refractivity contribution is 0.260. The molecule has 10 heteroatoms. The van der Waals surface area contributed by atoms with Gasteiger partial charge in [0.15, 0.2) is 0 Å². The van der Waals surface area contributed by atoms with Gasteiger partial charge in [0.05, 0.1) is 39.0 Å². The summed E-state index contributed by atoms with van der Waals surface area (Å²) in [6.07, 6.45) is 10.5. The van der Waals surface area contributed by atoms with E-state index < -0.39 is 5.44 Å². The summed E-state index contributed by atoms with van der Waals surface area (Å²) >= 11 is 6.85. The van der Waals surface area contributed by atoms with E-state index in [1.807, 2.05) is 42.6 Å². The van der Waals surface area contributed by atoms with Crippen LogP contribution in [-0.4, -0.2) is 28.9 Å². The molecule has 40 heavy (non-hydrogen) atoms. The number of halogens is 1. The normalized spacial score (nSPS) is 16.9. The van der Waals surface area contributed by atoms with E-state index in [0.717, 1.165) is 40.0 Å². The number of aromatic nitrogens is 2. The molecule has 2 aliphatic rings. The third-order valence-electron chi connectivity index (χ3n) is 7.67. The number of nitriles is 1. The molecule has 4 N–H and O–H groups in total. The first-order chi connectivity index (χ1) is 19.5. The molecule has 0 radical (unpaired) electrons. The van der Waals surface area contributed by atoms with Gasteiger partial charge >= 0.3 is 0 Å². The number of fused-ring (bicyclic) bond motifs is 1. The molecule has 1 aliphatic carbocycles. The molecular formula is C30H30BClN8. The summed E-state index contributed by atoms with van der Waals surface area (Å²) < 4.78 is 0. The van der Waals surface area contributed by atoms with E-state index in [1.54, 1.807) is 12.4 Å². The standard InChI is InChI=1S/C30H30BClN8/c1-2-26(19-7-4-3-5-8-19)36-28-20(15-33)16-35-29-24(28)13-22(14-25(29)32)37-30(31,21-9-6-12-34-17-21)27-18-40(39-38-27)23-10-11-23/h3-9,12-14,16-18,23,26,37-39H,2,10-11,31H2,1H3,(H,35,36)/t26-,30?/m1/s1. The molecule has 2 aromatic heterocycles. The van der Waals surface area contributed by atoms with Gasteiger partial charge in [0.2, 0.25) is 0 Å². The van der Waals surface area contributed by atoms with Gasteiger partial charge in [0.1, 0.15) is 13.9 Å². The highest BCUT2D eigenvalue weighted by atomic mass is 35.5. The largest absolute Gasteiger partial charge is 0.378 e. The van der Waals surface area contributed by atoms with Crippen molar-refractivity contribution in [3.05, 3.63) is 107 Å². The van der Waals surface area contributed by atoms with Crippen LogP contribution in [0.15, 0.2) is 85.1 Å². The molecule has 1 aliphatic heterocycles. The van der Waals surface area contributed by atoms with E-state index in [2.05, 4.69) is 81.8 Å². The van der Waals surface area contributed by atoms with E-state index >= 15 is 0 Å². The van der Waals surface area contributed by atoms with Crippen LogP contribution in [0.5, 0.6) is 0 Å². The van der Waals surface area contributed by atoms with E-state index in [-0.39, 0.29) is 6.04 Å². The quantitative estimate of drug-likeness (QED) is 0.218. The van der Waals surface area contributed by atoms with Crippen molar-refractivity contribution in [2.45, 2.75) is 43.7 Å². The second-order valence-corrected chi connectivity index (χ2v) is 10.8. The van der Waals surface area contributed by atoms with Gasteiger partial charge in [0, 0.05) is 41.9 Å². The van der Waals surface area contributed by atoms with Crippen molar-refractivity contribution in [3.8, 4) is 6.07 Å². The lowest BCUT2D eigenvalue weighted by atomic mass is 9.70.